The smallest absolute Gasteiger partial charge is 0.329 e. The van der Waals surface area contributed by atoms with Crippen molar-refractivity contribution in [2.75, 3.05) is 0 Å². The molecule has 1 aliphatic carbocycles. The van der Waals surface area contributed by atoms with Crippen LogP contribution in [-0.2, 0) is 11.4 Å². The van der Waals surface area contributed by atoms with Crippen LogP contribution in [0.1, 0.15) is 59.4 Å². The SMILES string of the molecule is CCC(C)(NC(=O)c1cc(Cl)c2ccccc2c1OCc1nnc(C2CC2)s1)C(=O)O. The van der Waals surface area contributed by atoms with Crippen molar-refractivity contribution >= 4 is 45.6 Å². The molecule has 3 aromatic rings. The average Bonchev–Trinajstić information content (AvgIpc) is 3.50. The molecule has 2 aromatic carbocycles. The highest BCUT2D eigenvalue weighted by molar-refractivity contribution is 7.11. The Balaban J connectivity index is 1.69. The molecule has 31 heavy (non-hydrogen) atoms. The van der Waals surface area contributed by atoms with E-state index in [4.69, 9.17) is 16.3 Å². The molecule has 1 aliphatic rings. The van der Waals surface area contributed by atoms with Crippen molar-refractivity contribution in [3.63, 3.8) is 0 Å². The molecular formula is C22H22ClN3O4S. The zero-order valence-corrected chi connectivity index (χ0v) is 18.7. The highest BCUT2D eigenvalue weighted by Gasteiger charge is 2.34. The van der Waals surface area contributed by atoms with Crippen molar-refractivity contribution in [3.8, 4) is 5.75 Å². The first-order valence-electron chi connectivity index (χ1n) is 10.0. The summed E-state index contributed by atoms with van der Waals surface area (Å²) in [7, 11) is 0. The molecule has 7 nitrogen and oxygen atoms in total. The van der Waals surface area contributed by atoms with Crippen LogP contribution >= 0.6 is 22.9 Å². The van der Waals surface area contributed by atoms with Crippen molar-refractivity contribution < 1.29 is 19.4 Å². The van der Waals surface area contributed by atoms with Crippen LogP contribution in [-0.4, -0.2) is 32.7 Å². The predicted molar refractivity (Wildman–Crippen MR) is 119 cm³/mol. The summed E-state index contributed by atoms with van der Waals surface area (Å²) < 4.78 is 6.08. The number of rotatable bonds is 8. The van der Waals surface area contributed by atoms with Crippen LogP contribution in [0.4, 0.5) is 0 Å². The van der Waals surface area contributed by atoms with E-state index in [2.05, 4.69) is 15.5 Å². The van der Waals surface area contributed by atoms with E-state index < -0.39 is 17.4 Å². The van der Waals surface area contributed by atoms with Gasteiger partial charge in [-0.05, 0) is 32.3 Å². The Hall–Kier alpha value is -2.71. The average molecular weight is 460 g/mol. The topological polar surface area (TPSA) is 101 Å². The number of nitrogens with zero attached hydrogens (tertiary/aromatic N) is 2. The summed E-state index contributed by atoms with van der Waals surface area (Å²) in [5, 5.41) is 24.1. The molecule has 9 heteroatoms. The molecule has 1 aromatic heterocycles. The summed E-state index contributed by atoms with van der Waals surface area (Å²) in [5.41, 5.74) is -1.23. The molecule has 4 rings (SSSR count). The molecule has 0 bridgehead atoms. The summed E-state index contributed by atoms with van der Waals surface area (Å²) >= 11 is 7.95. The predicted octanol–water partition coefficient (Wildman–Crippen LogP) is 4.78. The minimum Gasteiger partial charge on any atom is -0.485 e. The van der Waals surface area contributed by atoms with Gasteiger partial charge < -0.3 is 15.2 Å². The minimum absolute atomic E-state index is 0.153. The van der Waals surface area contributed by atoms with Gasteiger partial charge in [0.25, 0.3) is 5.91 Å². The summed E-state index contributed by atoms with van der Waals surface area (Å²) in [6.45, 7) is 3.32. The fourth-order valence-corrected chi connectivity index (χ4v) is 4.39. The molecule has 162 valence electrons. The number of ether oxygens (including phenoxy) is 1. The lowest BCUT2D eigenvalue weighted by molar-refractivity contribution is -0.143. The van der Waals surface area contributed by atoms with E-state index in [0.717, 1.165) is 28.2 Å². The molecule has 1 amide bonds. The van der Waals surface area contributed by atoms with Gasteiger partial charge in [-0.3, -0.25) is 4.79 Å². The third-order valence-corrected chi connectivity index (χ3v) is 6.88. The van der Waals surface area contributed by atoms with Crippen molar-refractivity contribution in [2.24, 2.45) is 0 Å². The van der Waals surface area contributed by atoms with Gasteiger partial charge in [-0.1, -0.05) is 54.1 Å². The zero-order valence-electron chi connectivity index (χ0n) is 17.1. The number of aliphatic carboxylic acids is 1. The van der Waals surface area contributed by atoms with Crippen LogP contribution in [0.15, 0.2) is 30.3 Å². The Bertz CT molecular complexity index is 1160. The molecule has 1 heterocycles. The maximum atomic E-state index is 13.1. The molecule has 1 atom stereocenters. The zero-order chi connectivity index (χ0) is 22.2. The number of hydrogen-bond donors (Lipinski definition) is 2. The fraction of sp³-hybridized carbons (Fsp3) is 0.364. The van der Waals surface area contributed by atoms with Gasteiger partial charge in [0.05, 0.1) is 5.56 Å². The van der Waals surface area contributed by atoms with E-state index >= 15 is 0 Å². The summed E-state index contributed by atoms with van der Waals surface area (Å²) in [4.78, 5) is 24.8. The summed E-state index contributed by atoms with van der Waals surface area (Å²) in [6, 6.07) is 8.86. The number of aromatic nitrogens is 2. The normalized spacial score (nSPS) is 15.5. The lowest BCUT2D eigenvalue weighted by Gasteiger charge is -2.25. The molecule has 0 saturated heterocycles. The lowest BCUT2D eigenvalue weighted by Crippen LogP contribution is -2.51. The number of hydrogen-bond acceptors (Lipinski definition) is 6. The number of carboxylic acids is 1. The number of nitrogens with one attached hydrogen (secondary N) is 1. The fourth-order valence-electron chi connectivity index (χ4n) is 3.19. The second kappa shape index (κ2) is 8.43. The van der Waals surface area contributed by atoms with Crippen LogP contribution in [0.5, 0.6) is 5.75 Å². The maximum absolute atomic E-state index is 13.1. The van der Waals surface area contributed by atoms with Gasteiger partial charge in [-0.15, -0.1) is 10.2 Å². The molecular weight excluding hydrogens is 438 g/mol. The highest BCUT2D eigenvalue weighted by Crippen LogP contribution is 2.41. The van der Waals surface area contributed by atoms with Gasteiger partial charge in [-0.25, -0.2) is 4.79 Å². The van der Waals surface area contributed by atoms with E-state index in [1.54, 1.807) is 6.92 Å². The maximum Gasteiger partial charge on any atom is 0.329 e. The Labute approximate surface area is 188 Å². The van der Waals surface area contributed by atoms with Gasteiger partial charge >= 0.3 is 5.97 Å². The number of halogens is 1. The first-order chi connectivity index (χ1) is 14.8. The van der Waals surface area contributed by atoms with E-state index in [-0.39, 0.29) is 18.6 Å². The van der Waals surface area contributed by atoms with Crippen LogP contribution < -0.4 is 10.1 Å². The second-order valence-electron chi connectivity index (χ2n) is 7.82. The number of carbonyl (C=O) groups is 2. The van der Waals surface area contributed by atoms with Crippen LogP contribution in [0, 0.1) is 0 Å². The van der Waals surface area contributed by atoms with Crippen LogP contribution in [0.2, 0.25) is 5.02 Å². The van der Waals surface area contributed by atoms with Gasteiger partial charge in [0.15, 0.2) is 5.01 Å². The largest absolute Gasteiger partial charge is 0.485 e. The number of benzene rings is 2. The first-order valence-corrected chi connectivity index (χ1v) is 11.2. The monoisotopic (exact) mass is 459 g/mol. The number of fused-ring (bicyclic) bond motifs is 1. The van der Waals surface area contributed by atoms with Crippen LogP contribution in [0.25, 0.3) is 10.8 Å². The first kappa shape index (κ1) is 21.5. The molecule has 2 N–H and O–H groups in total. The molecule has 1 unspecified atom stereocenters. The number of carbonyl (C=O) groups excluding carboxylic acids is 1. The van der Waals surface area contributed by atoms with Crippen molar-refractivity contribution in [1.82, 2.24) is 15.5 Å². The minimum atomic E-state index is -1.41. The van der Waals surface area contributed by atoms with E-state index in [1.807, 2.05) is 24.3 Å². The van der Waals surface area contributed by atoms with E-state index in [0.29, 0.717) is 22.1 Å². The molecule has 1 saturated carbocycles. The standard InChI is InChI=1S/C22H22ClN3O4S/c1-3-22(2,21(28)29)24-19(27)15-10-16(23)13-6-4-5-7-14(13)18(15)30-11-17-25-26-20(31-17)12-8-9-12/h4-7,10,12H,3,8-9,11H2,1-2H3,(H,24,27)(H,28,29). The highest BCUT2D eigenvalue weighted by atomic mass is 35.5. The summed E-state index contributed by atoms with van der Waals surface area (Å²) in [6.07, 6.45) is 2.50. The lowest BCUT2D eigenvalue weighted by atomic mass is 9.97. The third-order valence-electron chi connectivity index (χ3n) is 5.51. The number of carboxylic acid groups (broad SMARTS) is 1. The van der Waals surface area contributed by atoms with Gasteiger partial charge in [0.2, 0.25) is 0 Å². The summed E-state index contributed by atoms with van der Waals surface area (Å²) in [5.74, 6) is -0.833. The molecule has 0 spiro atoms. The number of amides is 1. The molecule has 1 fully saturated rings. The second-order valence-corrected chi connectivity index (χ2v) is 9.32. The Morgan fingerprint density at radius 1 is 1.29 bits per heavy atom. The van der Waals surface area contributed by atoms with Gasteiger partial charge in [-0.2, -0.15) is 0 Å². The van der Waals surface area contributed by atoms with Crippen LogP contribution in [0.3, 0.4) is 0 Å². The molecule has 0 radical (unpaired) electrons. The Kier molecular flexibility index (Phi) is 5.85. The quantitative estimate of drug-likeness (QED) is 0.502. The van der Waals surface area contributed by atoms with Crippen molar-refractivity contribution in [2.45, 2.75) is 51.2 Å². The van der Waals surface area contributed by atoms with E-state index in [9.17, 15) is 14.7 Å². The van der Waals surface area contributed by atoms with Crippen molar-refractivity contribution in [1.29, 1.82) is 0 Å². The molecule has 0 aliphatic heterocycles. The van der Waals surface area contributed by atoms with Gasteiger partial charge in [0.1, 0.15) is 22.9 Å². The van der Waals surface area contributed by atoms with Gasteiger partial charge in [0, 0.05) is 21.7 Å². The Morgan fingerprint density at radius 2 is 2.00 bits per heavy atom. The Morgan fingerprint density at radius 3 is 2.65 bits per heavy atom. The van der Waals surface area contributed by atoms with Crippen molar-refractivity contribution in [3.05, 3.63) is 50.9 Å². The van der Waals surface area contributed by atoms with E-state index in [1.165, 1.54) is 24.3 Å². The third kappa shape index (κ3) is 4.36.